The average Bonchev–Trinajstić information content (AvgIpc) is 3.06. The molecule has 0 atom stereocenters. The van der Waals surface area contributed by atoms with Crippen LogP contribution in [0.25, 0.3) is 10.9 Å². The zero-order valence-electron chi connectivity index (χ0n) is 21.4. The van der Waals surface area contributed by atoms with E-state index in [-0.39, 0.29) is 10.8 Å². The molecule has 0 unspecified atom stereocenters. The normalized spacial score (nSPS) is 12.4. The van der Waals surface area contributed by atoms with E-state index in [4.69, 9.17) is 23.2 Å². The maximum atomic E-state index is 6.85. The Kier molecular flexibility index (Phi) is 6.29. The first-order valence-electron chi connectivity index (χ1n) is 11.7. The molecule has 0 spiro atoms. The molecule has 0 radical (unpaired) electrons. The third-order valence-electron chi connectivity index (χ3n) is 6.46. The van der Waals surface area contributed by atoms with Crippen LogP contribution in [-0.4, -0.2) is 4.57 Å². The summed E-state index contributed by atoms with van der Waals surface area (Å²) in [6, 6.07) is 19.5. The van der Waals surface area contributed by atoms with E-state index in [0.717, 1.165) is 22.6 Å². The zero-order chi connectivity index (χ0) is 25.0. The number of nitrogens with zero attached hydrogens (tertiary/aromatic N) is 2. The number of hydrogen-bond acceptors (Lipinski definition) is 1. The monoisotopic (exact) mass is 492 g/mol. The van der Waals surface area contributed by atoms with E-state index in [1.54, 1.807) is 0 Å². The zero-order valence-corrected chi connectivity index (χ0v) is 22.9. The molecular weight excluding hydrogens is 459 g/mol. The Morgan fingerprint density at radius 3 is 1.91 bits per heavy atom. The Hall–Kier alpha value is -2.42. The number of hydrogen-bond donors (Lipinski definition) is 0. The van der Waals surface area contributed by atoms with Crippen molar-refractivity contribution < 1.29 is 0 Å². The van der Waals surface area contributed by atoms with Gasteiger partial charge in [-0.1, -0.05) is 82.9 Å². The second-order valence-corrected chi connectivity index (χ2v) is 12.1. The number of rotatable bonds is 3. The Morgan fingerprint density at radius 2 is 1.32 bits per heavy atom. The lowest BCUT2D eigenvalue weighted by molar-refractivity contribution is 0.590. The topological polar surface area (TPSA) is 8.17 Å². The molecule has 1 heterocycles. The van der Waals surface area contributed by atoms with E-state index in [0.29, 0.717) is 10.0 Å². The highest BCUT2D eigenvalue weighted by atomic mass is 35.5. The predicted molar refractivity (Wildman–Crippen MR) is 150 cm³/mol. The first kappa shape index (κ1) is 24.7. The van der Waals surface area contributed by atoms with Crippen LogP contribution in [0.3, 0.4) is 0 Å². The van der Waals surface area contributed by atoms with Gasteiger partial charge < -0.3 is 9.47 Å². The highest BCUT2D eigenvalue weighted by Crippen LogP contribution is 2.46. The van der Waals surface area contributed by atoms with Crippen LogP contribution in [0.4, 0.5) is 17.1 Å². The molecular formula is C30H34Cl2N2. The molecule has 1 aromatic heterocycles. The third-order valence-corrected chi connectivity index (χ3v) is 7.25. The Morgan fingerprint density at radius 1 is 0.735 bits per heavy atom. The minimum atomic E-state index is 0.0464. The van der Waals surface area contributed by atoms with Gasteiger partial charge in [0.1, 0.15) is 0 Å². The number of aryl methyl sites for hydroxylation is 2. The fraction of sp³-hybridized carbons (Fsp3) is 0.333. The maximum absolute atomic E-state index is 6.85. The van der Waals surface area contributed by atoms with Crippen molar-refractivity contribution in [3.05, 3.63) is 87.5 Å². The van der Waals surface area contributed by atoms with Crippen molar-refractivity contribution in [2.24, 2.45) is 7.05 Å². The fourth-order valence-electron chi connectivity index (χ4n) is 4.40. The van der Waals surface area contributed by atoms with Crippen LogP contribution < -0.4 is 4.90 Å². The highest BCUT2D eigenvalue weighted by Gasteiger charge is 2.24. The van der Waals surface area contributed by atoms with Crippen molar-refractivity contribution in [2.45, 2.75) is 59.3 Å². The van der Waals surface area contributed by atoms with Gasteiger partial charge in [-0.25, -0.2) is 0 Å². The van der Waals surface area contributed by atoms with Crippen LogP contribution in [-0.2, 0) is 17.9 Å². The molecule has 4 rings (SSSR count). The summed E-state index contributed by atoms with van der Waals surface area (Å²) >= 11 is 13.4. The van der Waals surface area contributed by atoms with Crippen LogP contribution in [0.5, 0.6) is 0 Å². The molecule has 0 saturated heterocycles. The average molecular weight is 494 g/mol. The van der Waals surface area contributed by atoms with E-state index in [2.05, 4.69) is 113 Å². The van der Waals surface area contributed by atoms with Crippen molar-refractivity contribution in [3.8, 4) is 0 Å². The van der Waals surface area contributed by atoms with E-state index < -0.39 is 0 Å². The Bertz CT molecular complexity index is 1350. The number of halogens is 2. The van der Waals surface area contributed by atoms with E-state index in [1.807, 2.05) is 13.0 Å². The summed E-state index contributed by atoms with van der Waals surface area (Å²) in [5.41, 5.74) is 7.95. The van der Waals surface area contributed by atoms with E-state index >= 15 is 0 Å². The summed E-state index contributed by atoms with van der Waals surface area (Å²) in [6.07, 6.45) is 2.18. The van der Waals surface area contributed by atoms with E-state index in [1.165, 1.54) is 22.0 Å². The molecule has 4 heteroatoms. The lowest BCUT2D eigenvalue weighted by Crippen LogP contribution is -2.14. The van der Waals surface area contributed by atoms with Gasteiger partial charge in [0.15, 0.2) is 0 Å². The molecule has 0 N–H and O–H groups in total. The summed E-state index contributed by atoms with van der Waals surface area (Å²) in [4.78, 5) is 2.24. The van der Waals surface area contributed by atoms with Crippen LogP contribution in [0.15, 0.2) is 60.8 Å². The Balaban J connectivity index is 2.02. The lowest BCUT2D eigenvalue weighted by atomic mass is 9.86. The number of anilines is 3. The molecule has 0 amide bonds. The fourth-order valence-corrected chi connectivity index (χ4v) is 4.87. The Labute approximate surface area is 214 Å². The smallest absolute Gasteiger partial charge is 0.0833 e. The van der Waals surface area contributed by atoms with Crippen LogP contribution >= 0.6 is 23.2 Å². The summed E-state index contributed by atoms with van der Waals surface area (Å²) < 4.78 is 2.18. The molecule has 3 aromatic carbocycles. The first-order chi connectivity index (χ1) is 15.8. The van der Waals surface area contributed by atoms with Crippen molar-refractivity contribution in [1.82, 2.24) is 4.57 Å². The lowest BCUT2D eigenvalue weighted by Gasteiger charge is -2.28. The van der Waals surface area contributed by atoms with Gasteiger partial charge >= 0.3 is 0 Å². The molecule has 0 fully saturated rings. The van der Waals surface area contributed by atoms with Gasteiger partial charge in [-0.05, 0) is 70.8 Å². The van der Waals surface area contributed by atoms with Crippen molar-refractivity contribution in [3.63, 3.8) is 0 Å². The second kappa shape index (κ2) is 8.66. The summed E-state index contributed by atoms with van der Waals surface area (Å²) in [7, 11) is 2.09. The largest absolute Gasteiger partial charge is 0.348 e. The van der Waals surface area contributed by atoms with Gasteiger partial charge in [-0.15, -0.1) is 0 Å². The second-order valence-electron chi connectivity index (χ2n) is 11.3. The number of fused-ring (bicyclic) bond motifs is 1. The SMILES string of the molecule is Cc1cc(Cl)c(Cl)c(N(c2ccc(C(C)(C)C)cc2)c2cn(C)c3ccc(C(C)(C)C)cc23)c1. The van der Waals surface area contributed by atoms with Gasteiger partial charge in [-0.3, -0.25) is 0 Å². The van der Waals surface area contributed by atoms with Crippen molar-refractivity contribution >= 4 is 51.2 Å². The molecule has 2 nitrogen and oxygen atoms in total. The third kappa shape index (κ3) is 4.59. The van der Waals surface area contributed by atoms with Gasteiger partial charge in [0.25, 0.3) is 0 Å². The van der Waals surface area contributed by atoms with Crippen LogP contribution in [0.2, 0.25) is 10.0 Å². The molecule has 0 aliphatic rings. The molecule has 0 bridgehead atoms. The molecule has 34 heavy (non-hydrogen) atoms. The molecule has 4 aromatic rings. The number of aromatic nitrogens is 1. The van der Waals surface area contributed by atoms with Gasteiger partial charge in [0.05, 0.1) is 21.4 Å². The van der Waals surface area contributed by atoms with Gasteiger partial charge in [0, 0.05) is 29.8 Å². The summed E-state index contributed by atoms with van der Waals surface area (Å²) in [5, 5.41) is 2.29. The number of benzene rings is 3. The van der Waals surface area contributed by atoms with E-state index in [9.17, 15) is 0 Å². The maximum Gasteiger partial charge on any atom is 0.0833 e. The molecule has 0 aliphatic heterocycles. The highest BCUT2D eigenvalue weighted by molar-refractivity contribution is 6.44. The predicted octanol–water partition coefficient (Wildman–Crippen LogP) is 9.86. The summed E-state index contributed by atoms with van der Waals surface area (Å²) in [5.74, 6) is 0. The van der Waals surface area contributed by atoms with Crippen molar-refractivity contribution in [2.75, 3.05) is 4.90 Å². The minimum Gasteiger partial charge on any atom is -0.348 e. The standard InChI is InChI=1S/C30H34Cl2N2/c1-19-15-24(31)28(32)26(16-19)34(22-12-9-20(10-13-22)29(2,3)4)27-18-33(8)25-14-11-21(17-23(25)27)30(5,6)7/h9-18H,1-8H3. The molecule has 0 saturated carbocycles. The van der Waals surface area contributed by atoms with Gasteiger partial charge in [-0.2, -0.15) is 0 Å². The molecule has 0 aliphatic carbocycles. The molecule has 178 valence electrons. The van der Waals surface area contributed by atoms with Crippen LogP contribution in [0.1, 0.15) is 58.2 Å². The summed E-state index contributed by atoms with van der Waals surface area (Å²) in [6.45, 7) is 15.5. The van der Waals surface area contributed by atoms with Crippen molar-refractivity contribution in [1.29, 1.82) is 0 Å². The first-order valence-corrected chi connectivity index (χ1v) is 12.5. The van der Waals surface area contributed by atoms with Crippen LogP contribution in [0, 0.1) is 6.92 Å². The van der Waals surface area contributed by atoms with Gasteiger partial charge in [0.2, 0.25) is 0 Å². The minimum absolute atomic E-state index is 0.0464. The quantitative estimate of drug-likeness (QED) is 0.276.